The highest BCUT2D eigenvalue weighted by atomic mass is 79.9. The van der Waals surface area contributed by atoms with Crippen LogP contribution in [-0.4, -0.2) is 15.5 Å². The molecule has 3 aliphatic rings. The molecular weight excluding hydrogens is 282 g/mol. The molecule has 3 rings (SSSR count). The molecule has 0 amide bonds. The van der Waals surface area contributed by atoms with Gasteiger partial charge in [-0.3, -0.25) is 13.5 Å². The first-order valence-electron chi connectivity index (χ1n) is 5.41. The van der Waals surface area contributed by atoms with Gasteiger partial charge in [0.2, 0.25) is 0 Å². The monoisotopic (exact) mass is 291 g/mol. The number of hydrogen-bond donors (Lipinski definition) is 0. The van der Waals surface area contributed by atoms with Crippen molar-refractivity contribution in [1.29, 1.82) is 0 Å². The van der Waals surface area contributed by atoms with Crippen LogP contribution in [0.4, 0.5) is 0 Å². The average Bonchev–Trinajstić information content (AvgIpc) is 2.27. The Bertz CT molecular complexity index is 542. The van der Waals surface area contributed by atoms with Crippen molar-refractivity contribution < 1.29 is 9.59 Å². The van der Waals surface area contributed by atoms with E-state index < -0.39 is 5.41 Å². The summed E-state index contributed by atoms with van der Waals surface area (Å²) in [6.45, 7) is 0. The molecule has 86 valence electrons. The minimum atomic E-state index is -0.688. The average molecular weight is 292 g/mol. The van der Waals surface area contributed by atoms with Crippen LogP contribution in [0.25, 0.3) is 0 Å². The Kier molecular flexibility index (Phi) is 2.23. The molecule has 1 saturated carbocycles. The molecule has 0 radical (unpaired) electrons. The fourth-order valence-corrected chi connectivity index (χ4v) is 3.12. The summed E-state index contributed by atoms with van der Waals surface area (Å²) < 4.78 is 1.73. The predicted octanol–water partition coefficient (Wildman–Crippen LogP) is 2.42. The summed E-state index contributed by atoms with van der Waals surface area (Å²) in [6.07, 6.45) is 11.7. The number of ketones is 2. The van der Waals surface area contributed by atoms with Gasteiger partial charge in [0.25, 0.3) is 0 Å². The van der Waals surface area contributed by atoms with Crippen LogP contribution in [0.5, 0.6) is 0 Å². The lowest BCUT2D eigenvalue weighted by atomic mass is 9.63. The van der Waals surface area contributed by atoms with Gasteiger partial charge in [-0.2, -0.15) is 0 Å². The third-order valence-electron chi connectivity index (χ3n) is 3.42. The van der Waals surface area contributed by atoms with Crippen molar-refractivity contribution >= 4 is 27.7 Å². The summed E-state index contributed by atoms with van der Waals surface area (Å²) in [5, 5.41) is 0. The molecule has 17 heavy (non-hydrogen) atoms. The van der Waals surface area contributed by atoms with Crippen molar-refractivity contribution in [3.8, 4) is 0 Å². The van der Waals surface area contributed by atoms with Crippen molar-refractivity contribution in [3.05, 3.63) is 47.9 Å². The molecule has 1 fully saturated rings. The third kappa shape index (κ3) is 1.40. The number of carbonyl (C=O) groups is 2. The Balaban J connectivity index is 2.20. The maximum Gasteiger partial charge on any atom is 0.158 e. The molecule has 0 aromatic carbocycles. The van der Waals surface area contributed by atoms with Gasteiger partial charge in [0.05, 0.1) is 28.0 Å². The summed E-state index contributed by atoms with van der Waals surface area (Å²) in [4.78, 5) is 23.8. The van der Waals surface area contributed by atoms with Crippen LogP contribution in [0.3, 0.4) is 0 Å². The summed E-state index contributed by atoms with van der Waals surface area (Å²) in [6, 6.07) is 0. The number of rotatable bonds is 0. The predicted molar refractivity (Wildman–Crippen MR) is 66.9 cm³/mol. The molecule has 1 spiro atoms. The van der Waals surface area contributed by atoms with Crippen LogP contribution >= 0.6 is 16.1 Å². The first-order valence-corrected chi connectivity index (χ1v) is 6.12. The van der Waals surface area contributed by atoms with E-state index in [1.54, 1.807) is 3.93 Å². The fraction of sp³-hybridized carbons (Fsp3) is 0.231. The van der Waals surface area contributed by atoms with E-state index in [9.17, 15) is 9.59 Å². The lowest BCUT2D eigenvalue weighted by molar-refractivity contribution is -0.131. The number of hydrogen-bond acceptors (Lipinski definition) is 3. The minimum Gasteiger partial charge on any atom is -0.299 e. The maximum atomic E-state index is 12.3. The van der Waals surface area contributed by atoms with Gasteiger partial charge in [-0.15, -0.1) is 0 Å². The van der Waals surface area contributed by atoms with Crippen LogP contribution in [0.15, 0.2) is 47.9 Å². The Hall–Kier alpha value is -1.42. The summed E-state index contributed by atoms with van der Waals surface area (Å²) in [5.74, 6) is -0.0237. The smallest absolute Gasteiger partial charge is 0.158 e. The van der Waals surface area contributed by atoms with E-state index in [4.69, 9.17) is 0 Å². The van der Waals surface area contributed by atoms with Gasteiger partial charge >= 0.3 is 0 Å². The van der Waals surface area contributed by atoms with Gasteiger partial charge in [-0.25, -0.2) is 0 Å². The van der Waals surface area contributed by atoms with Gasteiger partial charge in [0.1, 0.15) is 5.78 Å². The Morgan fingerprint density at radius 3 is 2.82 bits per heavy atom. The zero-order chi connectivity index (χ0) is 12.0. The Labute approximate surface area is 108 Å². The van der Waals surface area contributed by atoms with E-state index in [1.165, 1.54) is 0 Å². The van der Waals surface area contributed by atoms with E-state index in [2.05, 4.69) is 16.1 Å². The minimum absolute atomic E-state index is 0.00280. The molecule has 2 aliphatic carbocycles. The van der Waals surface area contributed by atoms with Gasteiger partial charge in [-0.05, 0) is 11.1 Å². The molecule has 0 saturated heterocycles. The van der Waals surface area contributed by atoms with Crippen molar-refractivity contribution in [2.45, 2.75) is 12.8 Å². The van der Waals surface area contributed by atoms with Crippen LogP contribution in [0.2, 0.25) is 0 Å². The van der Waals surface area contributed by atoms with E-state index >= 15 is 0 Å². The first-order chi connectivity index (χ1) is 8.13. The molecule has 3 nitrogen and oxygen atoms in total. The van der Waals surface area contributed by atoms with Crippen LogP contribution in [-0.2, 0) is 9.59 Å². The van der Waals surface area contributed by atoms with Gasteiger partial charge in [0, 0.05) is 18.8 Å². The molecule has 4 heteroatoms. The maximum absolute atomic E-state index is 12.3. The summed E-state index contributed by atoms with van der Waals surface area (Å²) in [7, 11) is 0. The van der Waals surface area contributed by atoms with Crippen molar-refractivity contribution in [2.75, 3.05) is 0 Å². The van der Waals surface area contributed by atoms with Gasteiger partial charge in [0.15, 0.2) is 5.78 Å². The highest BCUT2D eigenvalue weighted by molar-refractivity contribution is 9.07. The van der Waals surface area contributed by atoms with Crippen molar-refractivity contribution in [2.24, 2.45) is 5.41 Å². The Morgan fingerprint density at radius 2 is 2.00 bits per heavy atom. The summed E-state index contributed by atoms with van der Waals surface area (Å²) >= 11 is 3.35. The number of nitrogens with zero attached hydrogens (tertiary/aromatic N) is 1. The second kappa shape index (κ2) is 3.53. The quantitative estimate of drug-likeness (QED) is 0.508. The van der Waals surface area contributed by atoms with Crippen LogP contribution in [0, 0.1) is 5.41 Å². The topological polar surface area (TPSA) is 37.4 Å². The standard InChI is InChI=1S/C13H10BrNO2/c14-15-7-9-3-1-2-4-13(9)10(8-15)5-11(16)6-12(13)17/h1-4,7-8H,5-6H2. The molecule has 1 aliphatic heterocycles. The van der Waals surface area contributed by atoms with Crippen molar-refractivity contribution in [3.63, 3.8) is 0 Å². The van der Waals surface area contributed by atoms with Crippen molar-refractivity contribution in [1.82, 2.24) is 3.93 Å². The molecule has 0 aromatic heterocycles. The fourth-order valence-electron chi connectivity index (χ4n) is 2.66. The van der Waals surface area contributed by atoms with E-state index in [1.807, 2.05) is 36.7 Å². The molecule has 1 atom stereocenters. The molecule has 0 N–H and O–H groups in total. The molecule has 0 aromatic rings. The zero-order valence-corrected chi connectivity index (χ0v) is 10.6. The second-order valence-electron chi connectivity index (χ2n) is 4.42. The summed E-state index contributed by atoms with van der Waals surface area (Å²) in [5.41, 5.74) is 1.09. The lowest BCUT2D eigenvalue weighted by Gasteiger charge is -2.40. The van der Waals surface area contributed by atoms with Crippen LogP contribution < -0.4 is 0 Å². The van der Waals surface area contributed by atoms with Gasteiger partial charge < -0.3 is 0 Å². The van der Waals surface area contributed by atoms with E-state index in [0.29, 0.717) is 6.42 Å². The van der Waals surface area contributed by atoms with E-state index in [0.717, 1.165) is 11.1 Å². The van der Waals surface area contributed by atoms with E-state index in [-0.39, 0.29) is 18.0 Å². The molecular formula is C13H10BrNO2. The molecule has 1 heterocycles. The Morgan fingerprint density at radius 1 is 1.18 bits per heavy atom. The normalized spacial score (nSPS) is 30.8. The molecule has 0 bridgehead atoms. The number of halogens is 1. The molecule has 1 unspecified atom stereocenters. The third-order valence-corrected chi connectivity index (χ3v) is 3.83. The van der Waals surface area contributed by atoms with Gasteiger partial charge in [-0.1, -0.05) is 24.3 Å². The first kappa shape index (κ1) is 10.7. The number of allylic oxidation sites excluding steroid dienone is 6. The second-order valence-corrected chi connectivity index (χ2v) is 5.24. The highest BCUT2D eigenvalue weighted by Gasteiger charge is 2.48. The SMILES string of the molecule is O=C1CC(=O)C23C=CC=CC2=CN(Br)C=C3C1. The number of carbonyl (C=O) groups excluding carboxylic acids is 2. The highest BCUT2D eigenvalue weighted by Crippen LogP contribution is 2.49. The number of Topliss-reactive ketones (excluding diaryl/α,β-unsaturated/α-hetero) is 2. The van der Waals surface area contributed by atoms with Crippen LogP contribution in [0.1, 0.15) is 12.8 Å². The largest absolute Gasteiger partial charge is 0.299 e. The lowest BCUT2D eigenvalue weighted by Crippen LogP contribution is -2.42. The zero-order valence-electron chi connectivity index (χ0n) is 9.02.